The van der Waals surface area contributed by atoms with Crippen molar-refractivity contribution in [1.82, 2.24) is 5.32 Å². The molecule has 25 heavy (non-hydrogen) atoms. The normalized spacial score (nSPS) is 41.3. The molecule has 140 valence electrons. The minimum atomic E-state index is -0.505. The van der Waals surface area contributed by atoms with Crippen LogP contribution in [0, 0.1) is 23.2 Å². The molecule has 1 saturated heterocycles. The Morgan fingerprint density at radius 1 is 1.32 bits per heavy atom. The molecular weight excluding hydrogens is 315 g/mol. The Morgan fingerprint density at radius 2 is 2.04 bits per heavy atom. The van der Waals surface area contributed by atoms with Gasteiger partial charge in [0.25, 0.3) is 0 Å². The van der Waals surface area contributed by atoms with Gasteiger partial charge in [0.1, 0.15) is 0 Å². The molecule has 0 radical (unpaired) electrons. The lowest BCUT2D eigenvalue weighted by Gasteiger charge is -2.64. The molecule has 6 atom stereocenters. The van der Waals surface area contributed by atoms with Crippen molar-refractivity contribution in [2.45, 2.75) is 89.9 Å². The number of hydrogen-bond donors (Lipinski definition) is 2. The molecule has 2 unspecified atom stereocenters. The summed E-state index contributed by atoms with van der Waals surface area (Å²) in [7, 11) is -0.339. The number of hydrogen-bond acceptors (Lipinski definition) is 4. The highest BCUT2D eigenvalue weighted by Crippen LogP contribution is 2.65. The summed E-state index contributed by atoms with van der Waals surface area (Å²) in [6.07, 6.45) is 7.20. The zero-order valence-corrected chi connectivity index (χ0v) is 16.1. The number of nitrogens with two attached hydrogens (primary N) is 1. The number of carbonyl (C=O) groups excluding carboxylic acids is 1. The molecule has 4 saturated carbocycles. The van der Waals surface area contributed by atoms with E-state index in [0.29, 0.717) is 17.3 Å². The van der Waals surface area contributed by atoms with E-state index in [0.717, 1.165) is 18.8 Å². The Labute approximate surface area is 151 Å². The maximum atomic E-state index is 12.2. The van der Waals surface area contributed by atoms with Crippen LogP contribution in [0.3, 0.4) is 0 Å². The maximum Gasteiger partial charge on any atom is 0.481 e. The lowest BCUT2D eigenvalue weighted by molar-refractivity contribution is -0.199. The fourth-order valence-corrected chi connectivity index (χ4v) is 5.71. The third-order valence-corrected chi connectivity index (χ3v) is 7.85. The summed E-state index contributed by atoms with van der Waals surface area (Å²) < 4.78 is 13.0. The van der Waals surface area contributed by atoms with Crippen LogP contribution in [0.25, 0.3) is 0 Å². The molecule has 1 aliphatic heterocycles. The van der Waals surface area contributed by atoms with Crippen molar-refractivity contribution in [1.29, 1.82) is 0 Å². The molecule has 5 fully saturated rings. The summed E-state index contributed by atoms with van der Waals surface area (Å²) in [5.41, 5.74) is 5.89. The van der Waals surface area contributed by atoms with Crippen LogP contribution in [0.5, 0.6) is 0 Å². The molecule has 5 aliphatic rings. The van der Waals surface area contributed by atoms with E-state index >= 15 is 0 Å². The van der Waals surface area contributed by atoms with E-state index in [1.165, 1.54) is 25.7 Å². The van der Waals surface area contributed by atoms with Gasteiger partial charge in [-0.2, -0.15) is 0 Å². The fraction of sp³-hybridized carbons (Fsp3) is 0.947. The van der Waals surface area contributed by atoms with Gasteiger partial charge in [-0.1, -0.05) is 33.1 Å². The van der Waals surface area contributed by atoms with Gasteiger partial charge < -0.3 is 20.4 Å². The van der Waals surface area contributed by atoms with E-state index in [2.05, 4.69) is 26.1 Å². The molecule has 1 amide bonds. The molecule has 4 aliphatic carbocycles. The first-order chi connectivity index (χ1) is 11.7. The van der Waals surface area contributed by atoms with Gasteiger partial charge >= 0.3 is 7.12 Å². The monoisotopic (exact) mass is 348 g/mol. The van der Waals surface area contributed by atoms with Crippen molar-refractivity contribution in [2.24, 2.45) is 28.9 Å². The van der Waals surface area contributed by atoms with Crippen molar-refractivity contribution in [3.8, 4) is 0 Å². The molecule has 0 aromatic heterocycles. The average molecular weight is 348 g/mol. The van der Waals surface area contributed by atoms with Gasteiger partial charge in [0, 0.05) is 0 Å². The third kappa shape index (κ3) is 2.76. The summed E-state index contributed by atoms with van der Waals surface area (Å²) in [5, 5.41) is 3.12. The lowest BCUT2D eigenvalue weighted by Crippen LogP contribution is -2.65. The Hall–Kier alpha value is -0.585. The standard InChI is InChI=1S/C19H33BN2O3/c1-11(21)17(23)22-16(8-12-6-5-7-12)20-24-15-10-13-9-14(18(13,2)3)19(15,4)25-20/h11-16H,5-10,21H2,1-4H3,(H,22,23)/t11?,13-,14-,15?,16-,19-/m0/s1. The van der Waals surface area contributed by atoms with Crippen molar-refractivity contribution < 1.29 is 14.1 Å². The molecule has 0 aromatic rings. The van der Waals surface area contributed by atoms with E-state index in [-0.39, 0.29) is 30.7 Å². The molecule has 5 rings (SSSR count). The van der Waals surface area contributed by atoms with Crippen LogP contribution in [-0.2, 0) is 14.1 Å². The Morgan fingerprint density at radius 3 is 2.60 bits per heavy atom. The summed E-state index contributed by atoms with van der Waals surface area (Å²) in [6, 6.07) is -0.505. The van der Waals surface area contributed by atoms with Crippen LogP contribution in [-0.4, -0.2) is 36.7 Å². The maximum absolute atomic E-state index is 12.2. The van der Waals surface area contributed by atoms with Gasteiger partial charge in [0.15, 0.2) is 0 Å². The van der Waals surface area contributed by atoms with E-state index in [1.807, 2.05) is 0 Å². The van der Waals surface area contributed by atoms with Crippen molar-refractivity contribution in [3.63, 3.8) is 0 Å². The van der Waals surface area contributed by atoms with Crippen molar-refractivity contribution in [2.75, 3.05) is 0 Å². The van der Waals surface area contributed by atoms with Gasteiger partial charge in [-0.05, 0) is 56.3 Å². The van der Waals surface area contributed by atoms with Crippen LogP contribution >= 0.6 is 0 Å². The van der Waals surface area contributed by atoms with E-state index in [9.17, 15) is 4.79 Å². The van der Waals surface area contributed by atoms with Crippen LogP contribution < -0.4 is 11.1 Å². The van der Waals surface area contributed by atoms with Gasteiger partial charge in [0.05, 0.1) is 23.7 Å². The second kappa shape index (κ2) is 5.96. The first-order valence-electron chi connectivity index (χ1n) is 10.1. The molecule has 5 nitrogen and oxygen atoms in total. The van der Waals surface area contributed by atoms with Gasteiger partial charge in [-0.15, -0.1) is 0 Å². The van der Waals surface area contributed by atoms with E-state index in [1.54, 1.807) is 6.92 Å². The average Bonchev–Trinajstić information content (AvgIpc) is 2.85. The number of nitrogens with one attached hydrogen (secondary N) is 1. The Kier molecular flexibility index (Phi) is 4.25. The lowest BCUT2D eigenvalue weighted by atomic mass is 9.43. The summed E-state index contributed by atoms with van der Waals surface area (Å²) in [5.74, 6) is 1.75. The predicted octanol–water partition coefficient (Wildman–Crippen LogP) is 2.28. The van der Waals surface area contributed by atoms with Gasteiger partial charge in [0.2, 0.25) is 5.91 Å². The van der Waals surface area contributed by atoms with Crippen LogP contribution in [0.15, 0.2) is 0 Å². The molecule has 6 heteroatoms. The quantitative estimate of drug-likeness (QED) is 0.748. The zero-order valence-electron chi connectivity index (χ0n) is 16.1. The first kappa shape index (κ1) is 17.8. The molecular formula is C19H33BN2O3. The van der Waals surface area contributed by atoms with Crippen LogP contribution in [0.1, 0.15) is 66.2 Å². The van der Waals surface area contributed by atoms with Crippen LogP contribution in [0.2, 0.25) is 0 Å². The third-order valence-electron chi connectivity index (χ3n) is 7.85. The number of carbonyl (C=O) groups is 1. The highest BCUT2D eigenvalue weighted by atomic mass is 16.7. The summed E-state index contributed by atoms with van der Waals surface area (Å²) in [4.78, 5) is 12.2. The summed E-state index contributed by atoms with van der Waals surface area (Å²) >= 11 is 0. The highest BCUT2D eigenvalue weighted by molar-refractivity contribution is 6.47. The fourth-order valence-electron chi connectivity index (χ4n) is 5.71. The smallest absolute Gasteiger partial charge is 0.404 e. The largest absolute Gasteiger partial charge is 0.481 e. The molecule has 1 heterocycles. The minimum absolute atomic E-state index is 0.0912. The topological polar surface area (TPSA) is 73.6 Å². The van der Waals surface area contributed by atoms with E-state index in [4.69, 9.17) is 15.0 Å². The molecule has 0 aromatic carbocycles. The number of amides is 1. The SMILES string of the molecule is CC(N)C(=O)N[C@@H](CC1CCC1)B1OC2C[C@@H]3C[C@@H](C3(C)C)[C@]2(C)O1. The van der Waals surface area contributed by atoms with Gasteiger partial charge in [-0.3, -0.25) is 4.79 Å². The molecule has 0 spiro atoms. The van der Waals surface area contributed by atoms with E-state index < -0.39 is 6.04 Å². The zero-order chi connectivity index (χ0) is 18.0. The predicted molar refractivity (Wildman–Crippen MR) is 97.7 cm³/mol. The second-order valence-corrected chi connectivity index (χ2v) is 9.77. The first-order valence-corrected chi connectivity index (χ1v) is 10.1. The minimum Gasteiger partial charge on any atom is -0.404 e. The number of rotatable bonds is 5. The Bertz CT molecular complexity index is 551. The van der Waals surface area contributed by atoms with Crippen molar-refractivity contribution in [3.05, 3.63) is 0 Å². The molecule has 3 N–H and O–H groups in total. The second-order valence-electron chi connectivity index (χ2n) is 9.77. The van der Waals surface area contributed by atoms with Crippen LogP contribution in [0.4, 0.5) is 0 Å². The highest BCUT2D eigenvalue weighted by Gasteiger charge is 2.68. The summed E-state index contributed by atoms with van der Waals surface area (Å²) in [6.45, 7) is 8.69. The van der Waals surface area contributed by atoms with Crippen molar-refractivity contribution >= 4 is 13.0 Å². The molecule has 2 bridgehead atoms. The Balaban J connectivity index is 1.49. The van der Waals surface area contributed by atoms with Gasteiger partial charge in [-0.25, -0.2) is 0 Å².